The molecule has 3 rings (SSSR count). The summed E-state index contributed by atoms with van der Waals surface area (Å²) < 4.78 is 0. The number of hydrogen-bond donors (Lipinski definition) is 4. The van der Waals surface area contributed by atoms with E-state index in [4.69, 9.17) is 16.7 Å². The van der Waals surface area contributed by atoms with Crippen molar-refractivity contribution in [2.75, 3.05) is 30.3 Å². The first-order chi connectivity index (χ1) is 14.5. The molecule has 2 amide bonds. The van der Waals surface area contributed by atoms with Crippen LogP contribution in [0.15, 0.2) is 18.9 Å². The number of nitrogens with one attached hydrogen (secondary N) is 3. The first-order valence-electron chi connectivity index (χ1n) is 10.4. The van der Waals surface area contributed by atoms with E-state index in [0.717, 1.165) is 38.5 Å². The Morgan fingerprint density at radius 2 is 2.00 bits per heavy atom. The average Bonchev–Trinajstić information content (AvgIpc) is 2.76. The Bertz CT molecular complexity index is 777. The van der Waals surface area contributed by atoms with Gasteiger partial charge >= 0.3 is 0 Å². The third-order valence-electron chi connectivity index (χ3n) is 5.59. The van der Waals surface area contributed by atoms with E-state index >= 15 is 0 Å². The van der Waals surface area contributed by atoms with E-state index in [1.807, 2.05) is 0 Å². The molecule has 30 heavy (non-hydrogen) atoms. The molecular formula is C20H29ClN6O3. The van der Waals surface area contributed by atoms with Gasteiger partial charge in [-0.05, 0) is 31.8 Å². The van der Waals surface area contributed by atoms with Crippen LogP contribution in [0.2, 0.25) is 5.02 Å². The molecule has 3 atom stereocenters. The van der Waals surface area contributed by atoms with Crippen molar-refractivity contribution in [1.82, 2.24) is 20.2 Å². The molecule has 2 aliphatic rings. The van der Waals surface area contributed by atoms with E-state index in [9.17, 15) is 9.59 Å². The molecule has 1 aliphatic heterocycles. The molecule has 1 aromatic heterocycles. The van der Waals surface area contributed by atoms with Gasteiger partial charge in [-0.25, -0.2) is 4.98 Å². The van der Waals surface area contributed by atoms with Crippen LogP contribution >= 0.6 is 11.6 Å². The normalized spacial score (nSPS) is 24.1. The zero-order valence-electron chi connectivity index (χ0n) is 16.9. The first kappa shape index (κ1) is 22.3. The van der Waals surface area contributed by atoms with Crippen LogP contribution in [-0.4, -0.2) is 69.6 Å². The van der Waals surface area contributed by atoms with Crippen LogP contribution in [0.3, 0.4) is 0 Å². The van der Waals surface area contributed by atoms with Gasteiger partial charge in [0.1, 0.15) is 11.6 Å². The molecule has 0 radical (unpaired) electrons. The molecule has 4 N–H and O–H groups in total. The van der Waals surface area contributed by atoms with Crippen LogP contribution in [0.25, 0.3) is 0 Å². The summed E-state index contributed by atoms with van der Waals surface area (Å²) in [5, 5.41) is 19.1. The molecule has 9 nitrogen and oxygen atoms in total. The van der Waals surface area contributed by atoms with Crippen LogP contribution in [-0.2, 0) is 9.59 Å². The lowest BCUT2D eigenvalue weighted by Crippen LogP contribution is -2.48. The molecule has 0 aromatic carbocycles. The minimum Gasteiger partial charge on any atom is -0.387 e. The highest BCUT2D eigenvalue weighted by atomic mass is 35.5. The smallest absolute Gasteiger partial charge is 0.248 e. The van der Waals surface area contributed by atoms with Gasteiger partial charge in [-0.1, -0.05) is 31.0 Å². The molecule has 164 valence electrons. The van der Waals surface area contributed by atoms with Gasteiger partial charge in [-0.2, -0.15) is 4.98 Å². The lowest BCUT2D eigenvalue weighted by atomic mass is 9.90. The molecule has 2 heterocycles. The standard InChI is InChI=1S/C20H29ClN6O3/c1-2-17(29)24-15-7-3-4-8-16(15)25-19-14(21)10-22-20(26-19)23-13-6-5-9-27(11-13)18(30)12-28/h2,10,13,15-16,28H,1,3-9,11-12H2,(H,24,29)(H2,22,23,25,26)/t13-,15-,16-/m1/s1. The number of aromatic nitrogens is 2. The van der Waals surface area contributed by atoms with E-state index in [-0.39, 0.29) is 29.9 Å². The number of rotatable bonds is 7. The predicted octanol–water partition coefficient (Wildman–Crippen LogP) is 1.55. The van der Waals surface area contributed by atoms with E-state index in [2.05, 4.69) is 32.5 Å². The van der Waals surface area contributed by atoms with Crippen LogP contribution < -0.4 is 16.0 Å². The number of nitrogens with zero attached hydrogens (tertiary/aromatic N) is 3. The van der Waals surface area contributed by atoms with Crippen LogP contribution in [0.1, 0.15) is 38.5 Å². The van der Waals surface area contributed by atoms with Gasteiger partial charge in [0.15, 0.2) is 5.82 Å². The molecular weight excluding hydrogens is 408 g/mol. The maximum Gasteiger partial charge on any atom is 0.248 e. The Hall–Kier alpha value is -2.39. The Morgan fingerprint density at radius 3 is 2.73 bits per heavy atom. The number of aliphatic hydroxyl groups is 1. The maximum atomic E-state index is 11.8. The second-order valence-corrected chi connectivity index (χ2v) is 8.13. The fourth-order valence-corrected chi connectivity index (χ4v) is 4.18. The number of carbonyl (C=O) groups is 2. The second kappa shape index (κ2) is 10.6. The van der Waals surface area contributed by atoms with Gasteiger partial charge in [0.25, 0.3) is 0 Å². The van der Waals surface area contributed by atoms with Crippen LogP contribution in [0.5, 0.6) is 0 Å². The van der Waals surface area contributed by atoms with Crippen molar-refractivity contribution < 1.29 is 14.7 Å². The maximum absolute atomic E-state index is 11.8. The molecule has 1 aromatic rings. The quantitative estimate of drug-likeness (QED) is 0.479. The molecule has 10 heteroatoms. The number of anilines is 2. The number of amides is 2. The molecule has 1 aliphatic carbocycles. The van der Waals surface area contributed by atoms with Gasteiger partial charge in [0.2, 0.25) is 17.8 Å². The largest absolute Gasteiger partial charge is 0.387 e. The summed E-state index contributed by atoms with van der Waals surface area (Å²) in [6.07, 6.45) is 8.42. The second-order valence-electron chi connectivity index (χ2n) is 7.73. The third kappa shape index (κ3) is 5.82. The number of piperidine rings is 1. The number of aliphatic hydroxyl groups excluding tert-OH is 1. The van der Waals surface area contributed by atoms with Gasteiger partial charge in [-0.3, -0.25) is 9.59 Å². The average molecular weight is 437 g/mol. The van der Waals surface area contributed by atoms with Crippen molar-refractivity contribution in [2.45, 2.75) is 56.7 Å². The summed E-state index contributed by atoms with van der Waals surface area (Å²) in [4.78, 5) is 34.0. The van der Waals surface area contributed by atoms with Gasteiger partial charge < -0.3 is 26.0 Å². The SMILES string of the molecule is C=CC(=O)N[C@@H]1CCCC[C@H]1Nc1nc(N[C@@H]2CCCN(C(=O)CO)C2)ncc1Cl. The third-order valence-corrected chi connectivity index (χ3v) is 5.86. The van der Waals surface area contributed by atoms with E-state index in [1.165, 1.54) is 6.08 Å². The zero-order valence-corrected chi connectivity index (χ0v) is 17.7. The summed E-state index contributed by atoms with van der Waals surface area (Å²) >= 11 is 6.32. The lowest BCUT2D eigenvalue weighted by molar-refractivity contribution is -0.135. The van der Waals surface area contributed by atoms with Crippen LogP contribution in [0.4, 0.5) is 11.8 Å². The van der Waals surface area contributed by atoms with Gasteiger partial charge in [0, 0.05) is 31.2 Å². The number of halogens is 1. The fraction of sp³-hybridized carbons (Fsp3) is 0.600. The van der Waals surface area contributed by atoms with Crippen molar-refractivity contribution in [2.24, 2.45) is 0 Å². The first-order valence-corrected chi connectivity index (χ1v) is 10.7. The molecule has 1 saturated heterocycles. The highest BCUT2D eigenvalue weighted by molar-refractivity contribution is 6.32. The zero-order chi connectivity index (χ0) is 21.5. The van der Waals surface area contributed by atoms with Gasteiger partial charge in [0.05, 0.1) is 6.20 Å². The van der Waals surface area contributed by atoms with Crippen molar-refractivity contribution in [3.8, 4) is 0 Å². The Morgan fingerprint density at radius 1 is 1.23 bits per heavy atom. The Balaban J connectivity index is 1.66. The summed E-state index contributed by atoms with van der Waals surface area (Å²) in [7, 11) is 0. The summed E-state index contributed by atoms with van der Waals surface area (Å²) in [6, 6.07) is -0.0177. The molecule has 0 unspecified atom stereocenters. The highest BCUT2D eigenvalue weighted by Crippen LogP contribution is 2.26. The van der Waals surface area contributed by atoms with Crippen molar-refractivity contribution in [3.05, 3.63) is 23.9 Å². The fourth-order valence-electron chi connectivity index (χ4n) is 4.04. The molecule has 2 fully saturated rings. The molecule has 1 saturated carbocycles. The van der Waals surface area contributed by atoms with Gasteiger partial charge in [-0.15, -0.1) is 0 Å². The highest BCUT2D eigenvalue weighted by Gasteiger charge is 2.27. The summed E-state index contributed by atoms with van der Waals surface area (Å²) in [6.45, 7) is 4.17. The minimum atomic E-state index is -0.483. The monoisotopic (exact) mass is 436 g/mol. The molecule has 0 bridgehead atoms. The van der Waals surface area contributed by atoms with E-state index in [1.54, 1.807) is 11.1 Å². The van der Waals surface area contributed by atoms with E-state index in [0.29, 0.717) is 29.9 Å². The van der Waals surface area contributed by atoms with Crippen molar-refractivity contribution >= 4 is 35.2 Å². The number of likely N-dealkylation sites (tertiary alicyclic amines) is 1. The lowest BCUT2D eigenvalue weighted by Gasteiger charge is -2.34. The van der Waals surface area contributed by atoms with Crippen molar-refractivity contribution in [3.63, 3.8) is 0 Å². The summed E-state index contributed by atoms with van der Waals surface area (Å²) in [5.74, 6) is 0.473. The topological polar surface area (TPSA) is 119 Å². The Labute approximate surface area is 181 Å². The summed E-state index contributed by atoms with van der Waals surface area (Å²) in [5.41, 5.74) is 0. The molecule has 0 spiro atoms. The Kier molecular flexibility index (Phi) is 7.87. The van der Waals surface area contributed by atoms with E-state index < -0.39 is 6.61 Å². The minimum absolute atomic E-state index is 0.00224. The van der Waals surface area contributed by atoms with Crippen molar-refractivity contribution in [1.29, 1.82) is 0 Å². The van der Waals surface area contributed by atoms with Crippen LogP contribution in [0, 0.1) is 0 Å². The number of hydrogen-bond acceptors (Lipinski definition) is 7. The number of carbonyl (C=O) groups excluding carboxylic acids is 2. The predicted molar refractivity (Wildman–Crippen MR) is 115 cm³/mol.